The summed E-state index contributed by atoms with van der Waals surface area (Å²) in [6, 6.07) is 0. The Kier molecular flexibility index (Phi) is 4.13. The summed E-state index contributed by atoms with van der Waals surface area (Å²) in [5.41, 5.74) is 0. The van der Waals surface area contributed by atoms with Crippen LogP contribution in [0.3, 0.4) is 0 Å². The van der Waals surface area contributed by atoms with Crippen molar-refractivity contribution >= 4 is 5.78 Å². The molecule has 1 saturated heterocycles. The van der Waals surface area contributed by atoms with E-state index in [4.69, 9.17) is 0 Å². The Hall–Kier alpha value is -0.580. The fraction of sp³-hybridized carbons (Fsp3) is 0.900. The average Bonchev–Trinajstić information content (AvgIpc) is 2.14. The summed E-state index contributed by atoms with van der Waals surface area (Å²) in [6.07, 6.45) is -3.24. The van der Waals surface area contributed by atoms with Crippen LogP contribution in [-0.4, -0.2) is 36.5 Å². The first-order valence-electron chi connectivity index (χ1n) is 5.18. The van der Waals surface area contributed by atoms with Crippen LogP contribution in [-0.2, 0) is 4.79 Å². The number of carbonyl (C=O) groups excluding carboxylic acids is 1. The highest BCUT2D eigenvalue weighted by molar-refractivity contribution is 5.78. The number of piperidine rings is 1. The van der Waals surface area contributed by atoms with Crippen LogP contribution in [0.15, 0.2) is 0 Å². The molecule has 0 N–H and O–H groups in total. The van der Waals surface area contributed by atoms with E-state index in [1.807, 2.05) is 0 Å². The molecule has 15 heavy (non-hydrogen) atoms. The average molecular weight is 223 g/mol. The Morgan fingerprint density at radius 2 is 2.13 bits per heavy atom. The summed E-state index contributed by atoms with van der Waals surface area (Å²) in [6.45, 7) is 2.70. The van der Waals surface area contributed by atoms with Crippen molar-refractivity contribution in [3.8, 4) is 0 Å². The second kappa shape index (κ2) is 4.96. The number of Topliss-reactive ketones (excluding diaryl/α,β-unsaturated/α-hetero) is 1. The van der Waals surface area contributed by atoms with E-state index in [0.29, 0.717) is 13.1 Å². The number of hydrogen-bond donors (Lipinski definition) is 0. The van der Waals surface area contributed by atoms with Gasteiger partial charge in [-0.1, -0.05) is 0 Å². The van der Waals surface area contributed by atoms with Gasteiger partial charge in [0.05, 0.1) is 6.42 Å². The summed E-state index contributed by atoms with van der Waals surface area (Å²) in [7, 11) is 0. The summed E-state index contributed by atoms with van der Waals surface area (Å²) in [5, 5.41) is 0. The Morgan fingerprint density at radius 1 is 1.47 bits per heavy atom. The van der Waals surface area contributed by atoms with E-state index in [2.05, 4.69) is 0 Å². The third kappa shape index (κ3) is 4.64. The molecule has 0 aromatic rings. The van der Waals surface area contributed by atoms with Crippen molar-refractivity contribution in [1.82, 2.24) is 4.90 Å². The molecule has 1 atom stereocenters. The molecule has 0 radical (unpaired) electrons. The first-order valence-corrected chi connectivity index (χ1v) is 5.18. The van der Waals surface area contributed by atoms with Crippen LogP contribution in [0, 0.1) is 5.92 Å². The van der Waals surface area contributed by atoms with Gasteiger partial charge in [-0.15, -0.1) is 0 Å². The topological polar surface area (TPSA) is 20.3 Å². The standard InChI is InChI=1S/C10H16F3NO/c1-8(15)9-3-2-5-14(7-9)6-4-10(11,12)13/h9H,2-7H2,1H3. The van der Waals surface area contributed by atoms with Crippen LogP contribution >= 0.6 is 0 Å². The van der Waals surface area contributed by atoms with Gasteiger partial charge in [0.2, 0.25) is 0 Å². The minimum absolute atomic E-state index is 0.0211. The predicted octanol–water partition coefficient (Wildman–Crippen LogP) is 2.24. The maximum Gasteiger partial charge on any atom is 0.390 e. The molecule has 1 aliphatic heterocycles. The van der Waals surface area contributed by atoms with Crippen LogP contribution in [0.4, 0.5) is 13.2 Å². The molecule has 1 fully saturated rings. The van der Waals surface area contributed by atoms with E-state index in [9.17, 15) is 18.0 Å². The van der Waals surface area contributed by atoms with Crippen molar-refractivity contribution in [2.24, 2.45) is 5.92 Å². The molecule has 1 aliphatic rings. The Balaban J connectivity index is 2.34. The van der Waals surface area contributed by atoms with Gasteiger partial charge in [0, 0.05) is 19.0 Å². The number of likely N-dealkylation sites (tertiary alicyclic amines) is 1. The molecule has 0 amide bonds. The highest BCUT2D eigenvalue weighted by atomic mass is 19.4. The monoisotopic (exact) mass is 223 g/mol. The SMILES string of the molecule is CC(=O)C1CCCN(CCC(F)(F)F)C1. The third-order valence-electron chi connectivity index (χ3n) is 2.79. The van der Waals surface area contributed by atoms with Gasteiger partial charge in [0.25, 0.3) is 0 Å². The minimum atomic E-state index is -4.09. The molecule has 0 aliphatic carbocycles. The Bertz CT molecular complexity index is 227. The maximum atomic E-state index is 12.0. The number of carbonyl (C=O) groups is 1. The second-order valence-electron chi connectivity index (χ2n) is 4.12. The van der Waals surface area contributed by atoms with Gasteiger partial charge >= 0.3 is 6.18 Å². The molecule has 0 aromatic carbocycles. The van der Waals surface area contributed by atoms with Gasteiger partial charge in [-0.2, -0.15) is 13.2 Å². The molecule has 5 heteroatoms. The lowest BCUT2D eigenvalue weighted by Crippen LogP contribution is -2.39. The third-order valence-corrected chi connectivity index (χ3v) is 2.79. The van der Waals surface area contributed by atoms with Crippen LogP contribution in [0.1, 0.15) is 26.2 Å². The number of nitrogens with zero attached hydrogens (tertiary/aromatic N) is 1. The highest BCUT2D eigenvalue weighted by Gasteiger charge is 2.30. The summed E-state index contributed by atoms with van der Waals surface area (Å²) >= 11 is 0. The van der Waals surface area contributed by atoms with E-state index in [1.165, 1.54) is 6.92 Å². The summed E-state index contributed by atoms with van der Waals surface area (Å²) in [4.78, 5) is 12.8. The molecule has 2 nitrogen and oxygen atoms in total. The van der Waals surface area contributed by atoms with Crippen molar-refractivity contribution < 1.29 is 18.0 Å². The zero-order chi connectivity index (χ0) is 11.5. The van der Waals surface area contributed by atoms with Crippen LogP contribution < -0.4 is 0 Å². The minimum Gasteiger partial charge on any atom is -0.302 e. The normalized spacial score (nSPS) is 24.1. The van der Waals surface area contributed by atoms with E-state index in [0.717, 1.165) is 12.8 Å². The van der Waals surface area contributed by atoms with Gasteiger partial charge in [-0.3, -0.25) is 4.79 Å². The quantitative estimate of drug-likeness (QED) is 0.731. The zero-order valence-corrected chi connectivity index (χ0v) is 8.81. The van der Waals surface area contributed by atoms with Gasteiger partial charge in [0.1, 0.15) is 5.78 Å². The number of ketones is 1. The van der Waals surface area contributed by atoms with E-state index in [-0.39, 0.29) is 18.2 Å². The van der Waals surface area contributed by atoms with Crippen LogP contribution in [0.25, 0.3) is 0 Å². The first kappa shape index (κ1) is 12.5. The number of halogens is 3. The zero-order valence-electron chi connectivity index (χ0n) is 8.81. The molecule has 88 valence electrons. The van der Waals surface area contributed by atoms with E-state index in [1.54, 1.807) is 4.90 Å². The van der Waals surface area contributed by atoms with Gasteiger partial charge in [0.15, 0.2) is 0 Å². The predicted molar refractivity (Wildman–Crippen MR) is 50.5 cm³/mol. The first-order chi connectivity index (χ1) is 6.88. The Morgan fingerprint density at radius 3 is 2.67 bits per heavy atom. The lowest BCUT2D eigenvalue weighted by Gasteiger charge is -2.31. The van der Waals surface area contributed by atoms with Gasteiger partial charge in [-0.25, -0.2) is 0 Å². The second-order valence-corrected chi connectivity index (χ2v) is 4.12. The molecule has 1 rings (SSSR count). The molecule has 1 unspecified atom stereocenters. The molecular formula is C10H16F3NO. The van der Waals surface area contributed by atoms with Crippen molar-refractivity contribution in [1.29, 1.82) is 0 Å². The fourth-order valence-corrected chi connectivity index (χ4v) is 1.88. The number of rotatable bonds is 3. The highest BCUT2D eigenvalue weighted by Crippen LogP contribution is 2.22. The van der Waals surface area contributed by atoms with Crippen molar-refractivity contribution in [2.75, 3.05) is 19.6 Å². The van der Waals surface area contributed by atoms with Gasteiger partial charge in [-0.05, 0) is 26.3 Å². The number of alkyl halides is 3. The smallest absolute Gasteiger partial charge is 0.302 e. The molecule has 0 aromatic heterocycles. The van der Waals surface area contributed by atoms with Crippen molar-refractivity contribution in [3.05, 3.63) is 0 Å². The molecule has 1 heterocycles. The molecule has 0 bridgehead atoms. The van der Waals surface area contributed by atoms with Crippen LogP contribution in [0.5, 0.6) is 0 Å². The van der Waals surface area contributed by atoms with Crippen molar-refractivity contribution in [3.63, 3.8) is 0 Å². The lowest BCUT2D eigenvalue weighted by atomic mass is 9.94. The maximum absolute atomic E-state index is 12.0. The van der Waals surface area contributed by atoms with E-state index >= 15 is 0 Å². The summed E-state index contributed by atoms with van der Waals surface area (Å²) < 4.78 is 35.9. The molecule has 0 saturated carbocycles. The molecule has 0 spiro atoms. The van der Waals surface area contributed by atoms with E-state index < -0.39 is 12.6 Å². The fourth-order valence-electron chi connectivity index (χ4n) is 1.88. The summed E-state index contributed by atoms with van der Waals surface area (Å²) in [5.74, 6) is 0.0266. The largest absolute Gasteiger partial charge is 0.390 e. The lowest BCUT2D eigenvalue weighted by molar-refractivity contribution is -0.139. The Labute approximate surface area is 87.4 Å². The number of hydrogen-bond acceptors (Lipinski definition) is 2. The van der Waals surface area contributed by atoms with Crippen LogP contribution in [0.2, 0.25) is 0 Å². The van der Waals surface area contributed by atoms with Gasteiger partial charge < -0.3 is 4.90 Å². The molecular weight excluding hydrogens is 207 g/mol. The van der Waals surface area contributed by atoms with Crippen molar-refractivity contribution in [2.45, 2.75) is 32.4 Å².